The molecule has 0 fully saturated rings. The molecule has 0 atom stereocenters. The van der Waals surface area contributed by atoms with E-state index in [4.69, 9.17) is 0 Å². The number of pyridine rings is 2. The lowest BCUT2D eigenvalue weighted by Gasteiger charge is -2.05. The van der Waals surface area contributed by atoms with Gasteiger partial charge in [0.05, 0.1) is 36.7 Å². The van der Waals surface area contributed by atoms with Crippen molar-refractivity contribution in [3.63, 3.8) is 0 Å². The number of hydrogen-bond donors (Lipinski definition) is 2. The molecule has 0 bridgehead atoms. The first kappa shape index (κ1) is 20.2. The number of fused-ring (bicyclic) bond motifs is 2. The lowest BCUT2D eigenvalue weighted by molar-refractivity contribution is -0.674. The Bertz CT molecular complexity index is 1090. The Kier molecular flexibility index (Phi) is 6.47. The van der Waals surface area contributed by atoms with Crippen molar-refractivity contribution >= 4 is 34.0 Å². The second kappa shape index (κ2) is 9.61. The molecule has 0 unspecified atom stereocenters. The minimum atomic E-state index is 0.957. The smallest absolute Gasteiger partial charge is 0.213 e. The van der Waals surface area contributed by atoms with Crippen molar-refractivity contribution in [2.45, 2.75) is 25.9 Å². The number of nitrogens with zero attached hydrogens (tertiary/aromatic N) is 2. The van der Waals surface area contributed by atoms with Crippen molar-refractivity contribution in [1.82, 2.24) is 0 Å². The summed E-state index contributed by atoms with van der Waals surface area (Å²) >= 11 is 0. The Labute approximate surface area is 178 Å². The second-order valence-electron chi connectivity index (χ2n) is 7.71. The Morgan fingerprint density at radius 2 is 1.03 bits per heavy atom. The van der Waals surface area contributed by atoms with Crippen LogP contribution in [0.25, 0.3) is 34.0 Å². The van der Waals surface area contributed by atoms with E-state index in [1.54, 1.807) is 0 Å². The Balaban J connectivity index is 1.72. The number of quaternary nitrogens is 2. The molecule has 0 aliphatic heterocycles. The largest absolute Gasteiger partial charge is 0.357 e. The third kappa shape index (κ3) is 4.25. The van der Waals surface area contributed by atoms with Gasteiger partial charge in [0.2, 0.25) is 11.0 Å². The van der Waals surface area contributed by atoms with Crippen LogP contribution < -0.4 is 20.6 Å². The zero-order valence-corrected chi connectivity index (χ0v) is 17.6. The maximum Gasteiger partial charge on any atom is 0.213 e. The molecule has 2 aromatic heterocycles. The molecule has 0 saturated carbocycles. The van der Waals surface area contributed by atoms with Crippen LogP contribution in [0.1, 0.15) is 24.0 Å². The van der Waals surface area contributed by atoms with E-state index in [1.165, 1.54) is 32.9 Å². The van der Waals surface area contributed by atoms with E-state index in [0.717, 1.165) is 39.0 Å². The van der Waals surface area contributed by atoms with Gasteiger partial charge >= 0.3 is 0 Å². The topological polar surface area (TPSA) is 63.0 Å². The molecule has 0 amide bonds. The molecular weight excluding hydrogens is 368 g/mol. The average Bonchev–Trinajstić information content (AvgIpc) is 2.80. The Hall–Kier alpha value is -3.08. The summed E-state index contributed by atoms with van der Waals surface area (Å²) in [4.78, 5) is 0. The number of aromatic nitrogens is 2. The minimum absolute atomic E-state index is 0.957. The third-order valence-corrected chi connectivity index (χ3v) is 5.66. The zero-order valence-electron chi connectivity index (χ0n) is 17.6. The van der Waals surface area contributed by atoms with E-state index in [9.17, 15) is 0 Å². The van der Waals surface area contributed by atoms with Crippen LogP contribution in [0.15, 0.2) is 73.1 Å². The van der Waals surface area contributed by atoms with Gasteiger partial charge in [0.1, 0.15) is 0 Å². The highest BCUT2D eigenvalue weighted by Crippen LogP contribution is 2.21. The summed E-state index contributed by atoms with van der Waals surface area (Å²) in [5.41, 5.74) is 13.0. The minimum Gasteiger partial charge on any atom is -0.357 e. The summed E-state index contributed by atoms with van der Waals surface area (Å²) in [7, 11) is 0. The van der Waals surface area contributed by atoms with Gasteiger partial charge in [-0.3, -0.25) is 0 Å². The third-order valence-electron chi connectivity index (χ3n) is 5.66. The zero-order chi connectivity index (χ0) is 20.8. The van der Waals surface area contributed by atoms with Crippen molar-refractivity contribution in [2.24, 2.45) is 0 Å². The fourth-order valence-corrected chi connectivity index (χ4v) is 4.04. The molecule has 0 aliphatic rings. The molecule has 152 valence electrons. The number of aryl methyl sites for hydroxylation is 2. The van der Waals surface area contributed by atoms with Gasteiger partial charge in [-0.15, -0.1) is 0 Å². The first-order valence-corrected chi connectivity index (χ1v) is 10.9. The number of para-hydroxylation sites is 2. The van der Waals surface area contributed by atoms with E-state index in [1.807, 2.05) is 0 Å². The molecule has 0 aliphatic carbocycles. The second-order valence-corrected chi connectivity index (χ2v) is 7.71. The van der Waals surface area contributed by atoms with Crippen LogP contribution in [-0.2, 0) is 13.1 Å². The van der Waals surface area contributed by atoms with Crippen molar-refractivity contribution in [1.29, 1.82) is 0 Å². The molecule has 0 saturated heterocycles. The summed E-state index contributed by atoms with van der Waals surface area (Å²) in [5.74, 6) is 0. The lowest BCUT2D eigenvalue weighted by atomic mass is 10.0. The van der Waals surface area contributed by atoms with Crippen LogP contribution >= 0.6 is 0 Å². The van der Waals surface area contributed by atoms with E-state index < -0.39 is 0 Å². The fraction of sp³-hybridized carbons (Fsp3) is 0.231. The quantitative estimate of drug-likeness (QED) is 0.425. The highest BCUT2D eigenvalue weighted by molar-refractivity contribution is 5.93. The van der Waals surface area contributed by atoms with Gasteiger partial charge in [-0.2, -0.15) is 9.13 Å². The van der Waals surface area contributed by atoms with Gasteiger partial charge in [0.25, 0.3) is 0 Å². The lowest BCUT2D eigenvalue weighted by Crippen LogP contribution is -2.52. The van der Waals surface area contributed by atoms with Crippen LogP contribution in [0.3, 0.4) is 0 Å². The highest BCUT2D eigenvalue weighted by Gasteiger charge is 2.12. The molecule has 2 aromatic carbocycles. The average molecular weight is 401 g/mol. The molecule has 0 radical (unpaired) electrons. The first-order chi connectivity index (χ1) is 14.8. The van der Waals surface area contributed by atoms with Crippen LogP contribution in [0.2, 0.25) is 0 Å². The Morgan fingerprint density at radius 3 is 1.47 bits per heavy atom. The van der Waals surface area contributed by atoms with E-state index >= 15 is 0 Å². The molecule has 2 heterocycles. The molecule has 30 heavy (non-hydrogen) atoms. The maximum atomic E-state index is 3.98. The molecule has 4 nitrogen and oxygen atoms in total. The molecule has 6 N–H and O–H groups in total. The number of hydrogen-bond acceptors (Lipinski definition) is 0. The monoisotopic (exact) mass is 400 g/mol. The summed E-state index contributed by atoms with van der Waals surface area (Å²) in [6.45, 7) is 3.92. The normalized spacial score (nSPS) is 11.7. The molecular formula is C26H32N4+4. The highest BCUT2D eigenvalue weighted by atomic mass is 14.9. The van der Waals surface area contributed by atoms with Crippen LogP contribution in [0.4, 0.5) is 0 Å². The molecule has 4 aromatic rings. The van der Waals surface area contributed by atoms with Crippen LogP contribution in [-0.4, -0.2) is 13.1 Å². The van der Waals surface area contributed by atoms with E-state index in [-0.39, 0.29) is 0 Å². The van der Waals surface area contributed by atoms with E-state index in [2.05, 4.69) is 106 Å². The molecule has 4 heteroatoms. The summed E-state index contributed by atoms with van der Waals surface area (Å²) in [5, 5.41) is 2.57. The van der Waals surface area contributed by atoms with Crippen molar-refractivity contribution in [2.75, 3.05) is 13.1 Å². The van der Waals surface area contributed by atoms with Crippen molar-refractivity contribution in [3.8, 4) is 0 Å². The summed E-state index contributed by atoms with van der Waals surface area (Å²) in [6.07, 6.45) is 11.1. The maximum absolute atomic E-state index is 3.98. The fourth-order valence-electron chi connectivity index (χ4n) is 4.04. The predicted molar refractivity (Wildman–Crippen MR) is 122 cm³/mol. The summed E-state index contributed by atoms with van der Waals surface area (Å²) in [6, 6.07) is 21.8. The van der Waals surface area contributed by atoms with Crippen LogP contribution in [0.5, 0.6) is 0 Å². The molecule has 0 spiro atoms. The molecule has 4 rings (SSSR count). The van der Waals surface area contributed by atoms with Crippen LogP contribution in [0, 0.1) is 0 Å². The Morgan fingerprint density at radius 1 is 0.600 bits per heavy atom. The predicted octanol–water partition coefficient (Wildman–Crippen LogP) is 2.00. The first-order valence-electron chi connectivity index (χ1n) is 10.9. The SMILES string of the molecule is [NH3+]CCC[n+]1ccc(/C=C/c2cc[n+](CCC[NH3+])c3ccccc23)c2ccccc21. The summed E-state index contributed by atoms with van der Waals surface area (Å²) < 4.78 is 4.67. The van der Waals surface area contributed by atoms with Gasteiger partial charge in [-0.05, 0) is 23.3 Å². The van der Waals surface area contributed by atoms with Crippen molar-refractivity contribution < 1.29 is 20.6 Å². The van der Waals surface area contributed by atoms with Gasteiger partial charge in [0, 0.05) is 24.3 Å². The van der Waals surface area contributed by atoms with Gasteiger partial charge < -0.3 is 11.5 Å². The van der Waals surface area contributed by atoms with Gasteiger partial charge in [-0.25, -0.2) is 0 Å². The number of rotatable bonds is 8. The van der Waals surface area contributed by atoms with Gasteiger partial charge in [0.15, 0.2) is 25.5 Å². The number of benzene rings is 2. The van der Waals surface area contributed by atoms with E-state index in [0.29, 0.717) is 0 Å². The standard InChI is InChI=1S/C26H30N4/c27-15-5-17-29-19-13-21(23-7-1-3-9-25(23)29)11-12-22-14-20-30(18-6-16-28)26-10-4-2-8-24(22)26/h1-4,7-14,19-20H,5-6,15-18,27-28H2/q+2/p+2/b12-11+. The van der Waals surface area contributed by atoms with Crippen molar-refractivity contribution in [3.05, 3.63) is 84.2 Å². The van der Waals surface area contributed by atoms with Gasteiger partial charge in [-0.1, -0.05) is 36.4 Å².